The largest absolute Gasteiger partial charge is 0.497 e. The lowest BCUT2D eigenvalue weighted by Gasteiger charge is -2.54. The van der Waals surface area contributed by atoms with E-state index in [2.05, 4.69) is 5.32 Å². The molecule has 2 heterocycles. The van der Waals surface area contributed by atoms with Crippen molar-refractivity contribution in [1.82, 2.24) is 25.1 Å². The summed E-state index contributed by atoms with van der Waals surface area (Å²) in [6.45, 7) is 0.517. The van der Waals surface area contributed by atoms with Crippen LogP contribution in [0.3, 0.4) is 0 Å². The monoisotopic (exact) mass is 509 g/mol. The van der Waals surface area contributed by atoms with Crippen molar-refractivity contribution >= 4 is 23.8 Å². The van der Waals surface area contributed by atoms with Gasteiger partial charge in [0.2, 0.25) is 11.8 Å². The fraction of sp³-hybridized carbons (Fsp3) is 0.385. The molecule has 196 valence electrons. The van der Waals surface area contributed by atoms with Crippen LogP contribution in [-0.2, 0) is 27.5 Å². The first-order valence-electron chi connectivity index (χ1n) is 12.0. The molecule has 0 radical (unpaired) electrons. The number of aliphatic carboxylic acids is 1. The van der Waals surface area contributed by atoms with Crippen LogP contribution in [-0.4, -0.2) is 88.2 Å². The molecule has 4 amide bonds. The van der Waals surface area contributed by atoms with Gasteiger partial charge in [0.1, 0.15) is 18.0 Å². The fourth-order valence-electron chi connectivity index (χ4n) is 4.79. The Hall–Kier alpha value is -4.12. The number of piperazine rings is 1. The molecule has 0 unspecified atom stereocenters. The first-order chi connectivity index (χ1) is 17.8. The van der Waals surface area contributed by atoms with E-state index >= 15 is 0 Å². The number of likely N-dealkylation sites (N-methyl/N-ethyl adjacent to an activating group) is 1. The van der Waals surface area contributed by atoms with Crippen molar-refractivity contribution in [3.63, 3.8) is 0 Å². The van der Waals surface area contributed by atoms with Crippen molar-refractivity contribution in [2.45, 2.75) is 38.1 Å². The van der Waals surface area contributed by atoms with Crippen LogP contribution >= 0.6 is 0 Å². The maximum atomic E-state index is 13.5. The minimum Gasteiger partial charge on any atom is -0.497 e. The number of carbonyl (C=O) groups is 4. The van der Waals surface area contributed by atoms with Crippen LogP contribution in [0.1, 0.15) is 24.0 Å². The molecule has 2 atom stereocenters. The SMILES string of the molecule is COc1ccc(CN2C[C@H]3N(C(=O)CN(C)N3C(=O)NCc3ccccc3)[C@@H](CCC(=O)O)C2=O)cc1. The number of ether oxygens (including phenoxy) is 1. The van der Waals surface area contributed by atoms with E-state index in [0.29, 0.717) is 12.3 Å². The Bertz CT molecular complexity index is 1140. The lowest BCUT2D eigenvalue weighted by atomic mass is 10.0. The minimum absolute atomic E-state index is 0.0429. The molecule has 2 fully saturated rings. The highest BCUT2D eigenvalue weighted by Crippen LogP contribution is 2.29. The molecule has 0 aliphatic carbocycles. The van der Waals surface area contributed by atoms with Gasteiger partial charge in [-0.15, -0.1) is 0 Å². The third-order valence-electron chi connectivity index (χ3n) is 6.60. The average Bonchev–Trinajstić information content (AvgIpc) is 2.88. The summed E-state index contributed by atoms with van der Waals surface area (Å²) in [4.78, 5) is 54.3. The Morgan fingerprint density at radius 2 is 1.76 bits per heavy atom. The number of hydrogen-bond acceptors (Lipinski definition) is 6. The van der Waals surface area contributed by atoms with Crippen molar-refractivity contribution in [2.24, 2.45) is 0 Å². The summed E-state index contributed by atoms with van der Waals surface area (Å²) < 4.78 is 5.20. The summed E-state index contributed by atoms with van der Waals surface area (Å²) in [5.74, 6) is -1.04. The fourth-order valence-corrected chi connectivity index (χ4v) is 4.79. The predicted molar refractivity (Wildman–Crippen MR) is 133 cm³/mol. The van der Waals surface area contributed by atoms with E-state index in [0.717, 1.165) is 11.1 Å². The summed E-state index contributed by atoms with van der Waals surface area (Å²) in [5.41, 5.74) is 1.76. The second-order valence-corrected chi connectivity index (χ2v) is 9.10. The van der Waals surface area contributed by atoms with Crippen molar-refractivity contribution in [2.75, 3.05) is 27.2 Å². The third-order valence-corrected chi connectivity index (χ3v) is 6.60. The van der Waals surface area contributed by atoms with E-state index < -0.39 is 24.2 Å². The number of hydrogen-bond donors (Lipinski definition) is 2. The van der Waals surface area contributed by atoms with Gasteiger partial charge in [0.15, 0.2) is 0 Å². The molecule has 0 saturated carbocycles. The van der Waals surface area contributed by atoms with Crippen molar-refractivity contribution in [3.05, 3.63) is 65.7 Å². The minimum atomic E-state index is -1.06. The van der Waals surface area contributed by atoms with E-state index in [4.69, 9.17) is 4.74 Å². The predicted octanol–water partition coefficient (Wildman–Crippen LogP) is 1.50. The molecule has 0 bridgehead atoms. The molecule has 4 rings (SSSR count). The molecule has 11 heteroatoms. The highest BCUT2D eigenvalue weighted by Gasteiger charge is 2.50. The zero-order valence-electron chi connectivity index (χ0n) is 20.9. The highest BCUT2D eigenvalue weighted by atomic mass is 16.5. The molecule has 2 aromatic carbocycles. The number of fused-ring (bicyclic) bond motifs is 1. The van der Waals surface area contributed by atoms with Crippen LogP contribution in [0, 0.1) is 0 Å². The van der Waals surface area contributed by atoms with Gasteiger partial charge >= 0.3 is 12.0 Å². The van der Waals surface area contributed by atoms with Gasteiger partial charge in [-0.05, 0) is 29.7 Å². The maximum Gasteiger partial charge on any atom is 0.334 e. The summed E-state index contributed by atoms with van der Waals surface area (Å²) in [5, 5.41) is 15.2. The van der Waals surface area contributed by atoms with Gasteiger partial charge in [-0.1, -0.05) is 42.5 Å². The third kappa shape index (κ3) is 5.83. The molecule has 11 nitrogen and oxygen atoms in total. The molecule has 2 aliphatic heterocycles. The van der Waals surface area contributed by atoms with Gasteiger partial charge in [0.25, 0.3) is 0 Å². The Morgan fingerprint density at radius 3 is 2.41 bits per heavy atom. The van der Waals surface area contributed by atoms with Crippen LogP contribution in [0.25, 0.3) is 0 Å². The first-order valence-corrected chi connectivity index (χ1v) is 12.0. The van der Waals surface area contributed by atoms with Gasteiger partial charge in [-0.25, -0.2) is 14.8 Å². The number of urea groups is 1. The Kier molecular flexibility index (Phi) is 7.92. The quantitative estimate of drug-likeness (QED) is 0.553. The van der Waals surface area contributed by atoms with Gasteiger partial charge in [0.05, 0.1) is 20.2 Å². The van der Waals surface area contributed by atoms with E-state index in [1.165, 1.54) is 9.91 Å². The number of hydrazine groups is 1. The lowest BCUT2D eigenvalue weighted by Crippen LogP contribution is -2.75. The number of amides is 4. The Balaban J connectivity index is 1.60. The summed E-state index contributed by atoms with van der Waals surface area (Å²) in [6, 6.07) is 15.3. The molecule has 0 aromatic heterocycles. The summed E-state index contributed by atoms with van der Waals surface area (Å²) in [7, 11) is 3.21. The average molecular weight is 510 g/mol. The number of methoxy groups -OCH3 is 1. The number of benzene rings is 2. The number of rotatable bonds is 8. The second-order valence-electron chi connectivity index (χ2n) is 9.10. The molecule has 2 aliphatic rings. The first kappa shape index (κ1) is 26.0. The molecule has 2 N–H and O–H groups in total. The smallest absolute Gasteiger partial charge is 0.334 e. The maximum absolute atomic E-state index is 13.5. The number of nitrogens with one attached hydrogen (secondary N) is 1. The van der Waals surface area contributed by atoms with Crippen molar-refractivity contribution in [3.8, 4) is 5.75 Å². The molecule has 0 spiro atoms. The lowest BCUT2D eigenvalue weighted by molar-refractivity contribution is -0.188. The Labute approximate surface area is 215 Å². The highest BCUT2D eigenvalue weighted by molar-refractivity contribution is 5.91. The van der Waals surface area contributed by atoms with Crippen LogP contribution in [0.4, 0.5) is 4.79 Å². The van der Waals surface area contributed by atoms with Crippen LogP contribution in [0.15, 0.2) is 54.6 Å². The molecule has 2 saturated heterocycles. The molecule has 2 aromatic rings. The zero-order chi connectivity index (χ0) is 26.5. The normalized spacial score (nSPS) is 20.0. The number of carbonyl (C=O) groups excluding carboxylic acids is 3. The summed E-state index contributed by atoms with van der Waals surface area (Å²) in [6.07, 6.45) is -1.10. The van der Waals surface area contributed by atoms with Gasteiger partial charge in [-0.2, -0.15) is 0 Å². The summed E-state index contributed by atoms with van der Waals surface area (Å²) >= 11 is 0. The van der Waals surface area contributed by atoms with Gasteiger partial charge in [0, 0.05) is 26.6 Å². The number of nitrogens with zero attached hydrogens (tertiary/aromatic N) is 4. The molecular formula is C26H31N5O6. The van der Waals surface area contributed by atoms with E-state index in [1.54, 1.807) is 36.2 Å². The van der Waals surface area contributed by atoms with Crippen LogP contribution < -0.4 is 10.1 Å². The number of carboxylic acid groups (broad SMARTS) is 1. The van der Waals surface area contributed by atoms with Crippen molar-refractivity contribution < 1.29 is 29.0 Å². The van der Waals surface area contributed by atoms with E-state index in [1.807, 2.05) is 42.5 Å². The van der Waals surface area contributed by atoms with Crippen LogP contribution in [0.5, 0.6) is 5.75 Å². The molecule has 37 heavy (non-hydrogen) atoms. The van der Waals surface area contributed by atoms with Gasteiger partial charge in [-0.3, -0.25) is 14.4 Å². The standard InChI is InChI=1S/C26H31N5O6/c1-28-17-23(32)30-21(12-13-24(33)34)25(35)29(15-19-8-10-20(37-2)11-9-19)16-22(30)31(28)26(36)27-14-18-6-4-3-5-7-18/h3-11,21-22H,12-17H2,1-2H3,(H,27,36)(H,33,34)/t21-,22-/m0/s1. The van der Waals surface area contributed by atoms with E-state index in [-0.39, 0.29) is 44.3 Å². The Morgan fingerprint density at radius 1 is 1.05 bits per heavy atom. The van der Waals surface area contributed by atoms with Crippen molar-refractivity contribution in [1.29, 1.82) is 0 Å². The topological polar surface area (TPSA) is 123 Å². The molecular weight excluding hydrogens is 478 g/mol. The second kappa shape index (κ2) is 11.3. The van der Waals surface area contributed by atoms with Gasteiger partial charge < -0.3 is 25.0 Å². The van der Waals surface area contributed by atoms with Crippen LogP contribution in [0.2, 0.25) is 0 Å². The van der Waals surface area contributed by atoms with E-state index in [9.17, 15) is 24.3 Å². The zero-order valence-corrected chi connectivity index (χ0v) is 20.9. The number of carboxylic acids is 1.